The van der Waals surface area contributed by atoms with E-state index in [0.29, 0.717) is 5.92 Å². The lowest BCUT2D eigenvalue weighted by molar-refractivity contribution is 0.221. The first kappa shape index (κ1) is 15.6. The maximum Gasteiger partial charge on any atom is 0.321 e. The predicted octanol–water partition coefficient (Wildman–Crippen LogP) is 3.77. The molecule has 1 N–H and O–H groups in total. The molecule has 1 aliphatic rings. The number of carbonyl (C=O) groups is 1. The quantitative estimate of drug-likeness (QED) is 0.898. The largest absolute Gasteiger partial charge is 0.324 e. The average molecular weight is 310 g/mol. The summed E-state index contributed by atoms with van der Waals surface area (Å²) in [6, 6.07) is 8.15. The maximum atomic E-state index is 12.2. The Morgan fingerprint density at radius 1 is 1.40 bits per heavy atom. The van der Waals surface area contributed by atoms with Crippen LogP contribution in [-0.4, -0.2) is 42.3 Å². The number of nitrogens with zero attached hydrogens (tertiary/aromatic N) is 1. The zero-order valence-corrected chi connectivity index (χ0v) is 13.7. The summed E-state index contributed by atoms with van der Waals surface area (Å²) >= 11 is 3.65. The summed E-state index contributed by atoms with van der Waals surface area (Å²) in [6.07, 6.45) is 5.34. The Morgan fingerprint density at radius 2 is 2.25 bits per heavy atom. The van der Waals surface area contributed by atoms with Gasteiger partial charge >= 0.3 is 6.03 Å². The van der Waals surface area contributed by atoms with Gasteiger partial charge in [0.2, 0.25) is 0 Å². The van der Waals surface area contributed by atoms with E-state index < -0.39 is 0 Å². The number of carbonyl (C=O) groups excluding carboxylic acids is 1. The number of likely N-dealkylation sites (tertiary alicyclic amines) is 1. The summed E-state index contributed by atoms with van der Waals surface area (Å²) in [5.74, 6) is 2.77. The molecule has 1 atom stereocenters. The standard InChI is InChI=1S/C15H22N2OS2/c1-19-10-12-4-3-5-14(8-12)16-15(18)17-7-6-13(9-17)11-20-2/h3-5,8,13H,6-7,9-11H2,1-2H3,(H,16,18). The number of thioether (sulfide) groups is 2. The van der Waals surface area contributed by atoms with Gasteiger partial charge in [-0.25, -0.2) is 4.79 Å². The SMILES string of the molecule is CSCc1cccc(NC(=O)N2CCC(CSC)C2)c1. The summed E-state index contributed by atoms with van der Waals surface area (Å²) in [4.78, 5) is 14.2. The molecule has 0 spiro atoms. The molecule has 1 aromatic rings. The Labute approximate surface area is 129 Å². The Bertz CT molecular complexity index is 453. The lowest BCUT2D eigenvalue weighted by atomic mass is 10.2. The number of urea groups is 1. The fraction of sp³-hybridized carbons (Fsp3) is 0.533. The van der Waals surface area contributed by atoms with E-state index in [4.69, 9.17) is 0 Å². The number of rotatable bonds is 5. The van der Waals surface area contributed by atoms with E-state index in [2.05, 4.69) is 30.0 Å². The molecule has 0 radical (unpaired) electrons. The Hall–Kier alpha value is -0.810. The second kappa shape index (κ2) is 7.84. The first-order valence-electron chi connectivity index (χ1n) is 6.85. The van der Waals surface area contributed by atoms with Crippen molar-refractivity contribution in [2.24, 2.45) is 5.92 Å². The van der Waals surface area contributed by atoms with Gasteiger partial charge in [-0.1, -0.05) is 12.1 Å². The first-order valence-corrected chi connectivity index (χ1v) is 9.64. The number of benzene rings is 1. The molecular formula is C15H22N2OS2. The highest BCUT2D eigenvalue weighted by Crippen LogP contribution is 2.21. The highest BCUT2D eigenvalue weighted by atomic mass is 32.2. The molecule has 20 heavy (non-hydrogen) atoms. The monoisotopic (exact) mass is 310 g/mol. The molecule has 5 heteroatoms. The van der Waals surface area contributed by atoms with E-state index in [-0.39, 0.29) is 6.03 Å². The van der Waals surface area contributed by atoms with Gasteiger partial charge in [-0.05, 0) is 48.3 Å². The van der Waals surface area contributed by atoms with Gasteiger partial charge in [-0.15, -0.1) is 0 Å². The minimum absolute atomic E-state index is 0.0369. The summed E-state index contributed by atoms with van der Waals surface area (Å²) < 4.78 is 0. The molecule has 1 saturated heterocycles. The van der Waals surface area contributed by atoms with Crippen LogP contribution in [0.25, 0.3) is 0 Å². The summed E-state index contributed by atoms with van der Waals surface area (Å²) in [5.41, 5.74) is 2.15. The predicted molar refractivity (Wildman–Crippen MR) is 90.7 cm³/mol. The Balaban J connectivity index is 1.90. The highest BCUT2D eigenvalue weighted by Gasteiger charge is 2.25. The van der Waals surface area contributed by atoms with Crippen LogP contribution in [0.4, 0.5) is 10.5 Å². The van der Waals surface area contributed by atoms with Crippen molar-refractivity contribution >= 4 is 35.2 Å². The van der Waals surface area contributed by atoms with Gasteiger partial charge in [0.15, 0.2) is 0 Å². The van der Waals surface area contributed by atoms with Gasteiger partial charge < -0.3 is 10.2 Å². The summed E-state index contributed by atoms with van der Waals surface area (Å²) in [5, 5.41) is 3.02. The van der Waals surface area contributed by atoms with Crippen LogP contribution in [-0.2, 0) is 5.75 Å². The number of anilines is 1. The van der Waals surface area contributed by atoms with E-state index in [1.165, 1.54) is 5.56 Å². The molecular weight excluding hydrogens is 288 g/mol. The molecule has 1 heterocycles. The van der Waals surface area contributed by atoms with Crippen LogP contribution in [0.2, 0.25) is 0 Å². The third kappa shape index (κ3) is 4.35. The molecule has 1 aromatic carbocycles. The van der Waals surface area contributed by atoms with E-state index in [0.717, 1.165) is 36.7 Å². The van der Waals surface area contributed by atoms with Crippen molar-refractivity contribution < 1.29 is 4.79 Å². The van der Waals surface area contributed by atoms with Gasteiger partial charge in [-0.3, -0.25) is 0 Å². The van der Waals surface area contributed by atoms with Crippen molar-refractivity contribution in [3.05, 3.63) is 29.8 Å². The van der Waals surface area contributed by atoms with Gasteiger partial charge in [0, 0.05) is 24.5 Å². The Kier molecular flexibility index (Phi) is 6.10. The average Bonchev–Trinajstić information content (AvgIpc) is 2.89. The van der Waals surface area contributed by atoms with Gasteiger partial charge in [-0.2, -0.15) is 23.5 Å². The van der Waals surface area contributed by atoms with Crippen molar-refractivity contribution in [1.82, 2.24) is 4.90 Å². The van der Waals surface area contributed by atoms with Crippen LogP contribution >= 0.6 is 23.5 Å². The number of nitrogens with one attached hydrogen (secondary N) is 1. The molecule has 1 aliphatic heterocycles. The second-order valence-corrected chi connectivity index (χ2v) is 6.90. The van der Waals surface area contributed by atoms with Crippen molar-refractivity contribution in [3.8, 4) is 0 Å². The molecule has 1 fully saturated rings. The number of hydrogen-bond donors (Lipinski definition) is 1. The minimum atomic E-state index is 0.0369. The third-order valence-corrected chi connectivity index (χ3v) is 4.89. The molecule has 0 saturated carbocycles. The van der Waals surface area contributed by atoms with Gasteiger partial charge in [0.25, 0.3) is 0 Å². The second-order valence-electron chi connectivity index (χ2n) is 5.12. The van der Waals surface area contributed by atoms with Crippen molar-refractivity contribution in [2.45, 2.75) is 12.2 Å². The van der Waals surface area contributed by atoms with Crippen LogP contribution in [0.1, 0.15) is 12.0 Å². The van der Waals surface area contributed by atoms with Crippen LogP contribution in [0.3, 0.4) is 0 Å². The summed E-state index contributed by atoms with van der Waals surface area (Å²) in [7, 11) is 0. The van der Waals surface area contributed by atoms with Crippen molar-refractivity contribution in [1.29, 1.82) is 0 Å². The molecule has 0 bridgehead atoms. The third-order valence-electron chi connectivity index (χ3n) is 3.46. The first-order chi connectivity index (χ1) is 9.72. The summed E-state index contributed by atoms with van der Waals surface area (Å²) in [6.45, 7) is 1.76. The zero-order valence-electron chi connectivity index (χ0n) is 12.1. The number of hydrogen-bond acceptors (Lipinski definition) is 3. The molecule has 0 aliphatic carbocycles. The van der Waals surface area contributed by atoms with Crippen LogP contribution < -0.4 is 5.32 Å². The fourth-order valence-corrected chi connectivity index (χ4v) is 3.75. The Morgan fingerprint density at radius 3 is 3.00 bits per heavy atom. The lowest BCUT2D eigenvalue weighted by Gasteiger charge is -2.17. The minimum Gasteiger partial charge on any atom is -0.324 e. The number of amides is 2. The van der Waals surface area contributed by atoms with Crippen LogP contribution in [0, 0.1) is 5.92 Å². The van der Waals surface area contributed by atoms with Crippen LogP contribution in [0.15, 0.2) is 24.3 Å². The molecule has 3 nitrogen and oxygen atoms in total. The lowest BCUT2D eigenvalue weighted by Crippen LogP contribution is -2.33. The van der Waals surface area contributed by atoms with E-state index in [9.17, 15) is 4.79 Å². The van der Waals surface area contributed by atoms with Crippen LogP contribution in [0.5, 0.6) is 0 Å². The van der Waals surface area contributed by atoms with E-state index in [1.54, 1.807) is 11.8 Å². The highest BCUT2D eigenvalue weighted by molar-refractivity contribution is 7.98. The van der Waals surface area contributed by atoms with Gasteiger partial charge in [0.05, 0.1) is 0 Å². The van der Waals surface area contributed by atoms with E-state index in [1.807, 2.05) is 28.8 Å². The maximum absolute atomic E-state index is 12.2. The topological polar surface area (TPSA) is 32.3 Å². The molecule has 110 valence electrons. The molecule has 2 rings (SSSR count). The molecule has 0 aromatic heterocycles. The van der Waals surface area contributed by atoms with E-state index >= 15 is 0 Å². The zero-order chi connectivity index (χ0) is 14.4. The fourth-order valence-electron chi connectivity index (χ4n) is 2.50. The normalized spacial score (nSPS) is 18.3. The molecule has 1 unspecified atom stereocenters. The van der Waals surface area contributed by atoms with Crippen molar-refractivity contribution in [3.63, 3.8) is 0 Å². The van der Waals surface area contributed by atoms with Crippen molar-refractivity contribution in [2.75, 3.05) is 36.7 Å². The molecule has 2 amide bonds. The van der Waals surface area contributed by atoms with Gasteiger partial charge in [0.1, 0.15) is 0 Å². The smallest absolute Gasteiger partial charge is 0.321 e.